The van der Waals surface area contributed by atoms with Crippen LogP contribution in [0.5, 0.6) is 17.2 Å². The molecule has 0 amide bonds. The van der Waals surface area contributed by atoms with E-state index in [4.69, 9.17) is 4.74 Å². The molecule has 0 radical (unpaired) electrons. The SMILES string of the molecule is CC(=O)c1c(O)c(C)c(O)c2c1OC1=CC(=O)C(=C(C)NC3CCN(S(C)(=O)=O)CC3)C(=O)C12C. The van der Waals surface area contributed by atoms with Gasteiger partial charge in [0, 0.05) is 36.5 Å². The number of nitrogens with one attached hydrogen (secondary N) is 1. The second kappa shape index (κ2) is 8.20. The van der Waals surface area contributed by atoms with Gasteiger partial charge in [-0.15, -0.1) is 0 Å². The maximum absolute atomic E-state index is 13.8. The minimum atomic E-state index is -3.28. The van der Waals surface area contributed by atoms with E-state index in [2.05, 4.69) is 5.32 Å². The van der Waals surface area contributed by atoms with Crippen molar-refractivity contribution in [3.8, 4) is 17.2 Å². The minimum Gasteiger partial charge on any atom is -0.507 e. The number of rotatable bonds is 4. The molecule has 3 N–H and O–H groups in total. The molecule has 1 fully saturated rings. The summed E-state index contributed by atoms with van der Waals surface area (Å²) in [6.07, 6.45) is 3.34. The van der Waals surface area contributed by atoms with Crippen LogP contribution in [0.25, 0.3) is 0 Å². The smallest absolute Gasteiger partial charge is 0.211 e. The molecule has 35 heavy (non-hydrogen) atoms. The Balaban J connectivity index is 1.74. The molecular formula is C24H28N2O8S. The number of hydrogen-bond acceptors (Lipinski definition) is 9. The molecule has 1 aromatic rings. The molecule has 0 bridgehead atoms. The van der Waals surface area contributed by atoms with E-state index in [0.29, 0.717) is 31.6 Å². The fourth-order valence-corrected chi connectivity index (χ4v) is 5.95. The van der Waals surface area contributed by atoms with Crippen molar-refractivity contribution in [2.45, 2.75) is 52.0 Å². The van der Waals surface area contributed by atoms with Crippen LogP contribution in [0, 0.1) is 6.92 Å². The molecule has 0 saturated carbocycles. The molecule has 1 unspecified atom stereocenters. The number of Topliss-reactive ketones (excluding diaryl/α,β-unsaturated/α-hetero) is 2. The Kier molecular flexibility index (Phi) is 5.84. The van der Waals surface area contributed by atoms with Crippen molar-refractivity contribution in [3.05, 3.63) is 39.8 Å². The summed E-state index contributed by atoms with van der Waals surface area (Å²) in [5.74, 6) is -2.68. The second-order valence-electron chi connectivity index (χ2n) is 9.47. The van der Waals surface area contributed by atoms with Gasteiger partial charge in [0.05, 0.1) is 17.4 Å². The van der Waals surface area contributed by atoms with Crippen LogP contribution in [0.4, 0.5) is 0 Å². The Labute approximate surface area is 203 Å². The van der Waals surface area contributed by atoms with E-state index < -0.39 is 38.5 Å². The monoisotopic (exact) mass is 504 g/mol. The lowest BCUT2D eigenvalue weighted by Crippen LogP contribution is -2.45. The van der Waals surface area contributed by atoms with Gasteiger partial charge in [-0.1, -0.05) is 0 Å². The summed E-state index contributed by atoms with van der Waals surface area (Å²) in [6.45, 7) is 6.43. The number of piperidine rings is 1. The third-order valence-electron chi connectivity index (χ3n) is 7.10. The minimum absolute atomic E-state index is 0.0247. The summed E-state index contributed by atoms with van der Waals surface area (Å²) in [6, 6.07) is -0.136. The van der Waals surface area contributed by atoms with Crippen LogP contribution in [0.2, 0.25) is 0 Å². The molecule has 2 heterocycles. The molecule has 3 aliphatic rings. The van der Waals surface area contributed by atoms with Gasteiger partial charge in [-0.05, 0) is 40.5 Å². The number of phenols is 2. The first-order valence-corrected chi connectivity index (χ1v) is 13.1. The van der Waals surface area contributed by atoms with Crippen molar-refractivity contribution in [1.29, 1.82) is 0 Å². The van der Waals surface area contributed by atoms with Crippen LogP contribution in [0.15, 0.2) is 23.1 Å². The topological polar surface area (TPSA) is 150 Å². The Morgan fingerprint density at radius 1 is 1.17 bits per heavy atom. The van der Waals surface area contributed by atoms with Crippen LogP contribution in [-0.4, -0.2) is 65.7 Å². The van der Waals surface area contributed by atoms with E-state index in [1.165, 1.54) is 31.2 Å². The zero-order valence-corrected chi connectivity index (χ0v) is 21.0. The Morgan fingerprint density at radius 2 is 1.77 bits per heavy atom. The lowest BCUT2D eigenvalue weighted by molar-refractivity contribution is -0.123. The second-order valence-corrected chi connectivity index (χ2v) is 11.4. The maximum Gasteiger partial charge on any atom is 0.211 e. The predicted molar refractivity (Wildman–Crippen MR) is 126 cm³/mol. The molecule has 2 aliphatic heterocycles. The highest BCUT2D eigenvalue weighted by Gasteiger charge is 2.56. The summed E-state index contributed by atoms with van der Waals surface area (Å²) in [5.41, 5.74) is -1.44. The van der Waals surface area contributed by atoms with Crippen LogP contribution in [0.3, 0.4) is 0 Å². The largest absolute Gasteiger partial charge is 0.507 e. The molecule has 1 saturated heterocycles. The quantitative estimate of drug-likeness (QED) is 0.315. The summed E-state index contributed by atoms with van der Waals surface area (Å²) >= 11 is 0. The molecule has 4 rings (SSSR count). The molecule has 1 aliphatic carbocycles. The third kappa shape index (κ3) is 3.73. The number of carbonyl (C=O) groups is 3. The molecule has 11 heteroatoms. The van der Waals surface area contributed by atoms with E-state index in [0.717, 1.165) is 6.26 Å². The standard InChI is InChI=1S/C24H28N2O8S/c1-11-20(29)18(13(3)27)22-19(21(11)30)24(4)16(34-22)10-15(28)17(23(24)31)12(2)25-14-6-8-26(9-7-14)35(5,32)33/h10,14,25,29-30H,6-9H2,1-5H3. The molecule has 188 valence electrons. The van der Waals surface area contributed by atoms with Gasteiger partial charge < -0.3 is 20.3 Å². The van der Waals surface area contributed by atoms with E-state index in [1.807, 2.05) is 0 Å². The normalized spacial score (nSPS) is 24.4. The average molecular weight is 505 g/mol. The van der Waals surface area contributed by atoms with Crippen molar-refractivity contribution < 1.29 is 37.8 Å². The van der Waals surface area contributed by atoms with E-state index in [1.54, 1.807) is 6.92 Å². The van der Waals surface area contributed by atoms with Crippen LogP contribution in [-0.2, 0) is 25.0 Å². The van der Waals surface area contributed by atoms with Crippen molar-refractivity contribution in [3.63, 3.8) is 0 Å². The molecular weight excluding hydrogens is 476 g/mol. The summed E-state index contributed by atoms with van der Waals surface area (Å²) < 4.78 is 30.7. The summed E-state index contributed by atoms with van der Waals surface area (Å²) in [7, 11) is -3.28. The van der Waals surface area contributed by atoms with Gasteiger partial charge in [0.25, 0.3) is 0 Å². The van der Waals surface area contributed by atoms with Crippen molar-refractivity contribution in [2.75, 3.05) is 19.3 Å². The maximum atomic E-state index is 13.8. The highest BCUT2D eigenvalue weighted by molar-refractivity contribution is 7.88. The lowest BCUT2D eigenvalue weighted by atomic mass is 9.70. The number of aromatic hydroxyl groups is 2. The molecule has 0 spiro atoms. The number of sulfonamides is 1. The number of phenolic OH excluding ortho intramolecular Hbond substituents is 2. The van der Waals surface area contributed by atoms with E-state index in [9.17, 15) is 33.0 Å². The number of fused-ring (bicyclic) bond motifs is 3. The number of ether oxygens (including phenoxy) is 1. The van der Waals surface area contributed by atoms with Crippen LogP contribution in [0.1, 0.15) is 55.1 Å². The number of benzene rings is 1. The lowest BCUT2D eigenvalue weighted by Gasteiger charge is -2.33. The number of hydrogen-bond donors (Lipinski definition) is 3. The first-order valence-electron chi connectivity index (χ1n) is 11.2. The molecule has 1 atom stereocenters. The van der Waals surface area contributed by atoms with Gasteiger partial charge >= 0.3 is 0 Å². The molecule has 10 nitrogen and oxygen atoms in total. The first kappa shape index (κ1) is 24.9. The van der Waals surface area contributed by atoms with Crippen molar-refractivity contribution in [2.24, 2.45) is 0 Å². The van der Waals surface area contributed by atoms with Gasteiger partial charge in [-0.25, -0.2) is 12.7 Å². The van der Waals surface area contributed by atoms with Gasteiger partial charge in [0.2, 0.25) is 10.0 Å². The van der Waals surface area contributed by atoms with Crippen molar-refractivity contribution >= 4 is 27.4 Å². The zero-order chi connectivity index (χ0) is 26.0. The highest BCUT2D eigenvalue weighted by atomic mass is 32.2. The van der Waals surface area contributed by atoms with E-state index >= 15 is 0 Å². The molecule has 1 aromatic carbocycles. The van der Waals surface area contributed by atoms with Crippen LogP contribution < -0.4 is 10.1 Å². The Morgan fingerprint density at radius 3 is 2.31 bits per heavy atom. The van der Waals surface area contributed by atoms with Gasteiger partial charge in [-0.2, -0.15) is 0 Å². The highest BCUT2D eigenvalue weighted by Crippen LogP contribution is 2.57. The average Bonchev–Trinajstić information content (AvgIpc) is 3.05. The van der Waals surface area contributed by atoms with Crippen LogP contribution >= 0.6 is 0 Å². The number of nitrogens with zero attached hydrogens (tertiary/aromatic N) is 1. The number of allylic oxidation sites excluding steroid dienone is 4. The summed E-state index contributed by atoms with van der Waals surface area (Å²) in [5, 5.41) is 24.5. The fraction of sp³-hybridized carbons (Fsp3) is 0.458. The third-order valence-corrected chi connectivity index (χ3v) is 8.41. The Hall–Kier alpha value is -3.18. The van der Waals surface area contributed by atoms with Crippen molar-refractivity contribution in [1.82, 2.24) is 9.62 Å². The first-order chi connectivity index (χ1) is 16.2. The number of carbonyl (C=O) groups excluding carboxylic acids is 3. The Bertz CT molecular complexity index is 1350. The van der Waals surface area contributed by atoms with Gasteiger partial charge in [0.15, 0.2) is 17.3 Å². The predicted octanol–water partition coefficient (Wildman–Crippen LogP) is 1.58. The van der Waals surface area contributed by atoms with E-state index in [-0.39, 0.29) is 45.6 Å². The van der Waals surface area contributed by atoms with Gasteiger partial charge in [-0.3, -0.25) is 14.4 Å². The fourth-order valence-electron chi connectivity index (χ4n) is 5.07. The van der Waals surface area contributed by atoms with Gasteiger partial charge in [0.1, 0.15) is 34.0 Å². The zero-order valence-electron chi connectivity index (χ0n) is 20.2. The molecule has 0 aromatic heterocycles. The summed E-state index contributed by atoms with van der Waals surface area (Å²) in [4.78, 5) is 39.1. The number of ketones is 3.